The minimum Gasteiger partial charge on any atom is -0.481 e. The molecule has 0 aliphatic carbocycles. The van der Waals surface area contributed by atoms with Crippen LogP contribution >= 0.6 is 0 Å². The molecule has 86 valence electrons. The second-order valence-corrected chi connectivity index (χ2v) is 3.51. The first kappa shape index (κ1) is 12.5. The smallest absolute Gasteiger partial charge is 0.303 e. The van der Waals surface area contributed by atoms with Crippen LogP contribution < -0.4 is 5.32 Å². The number of nitrogens with one attached hydrogen (secondary N) is 1. The van der Waals surface area contributed by atoms with E-state index in [4.69, 9.17) is 5.11 Å². The minimum absolute atomic E-state index is 0.232. The van der Waals surface area contributed by atoms with E-state index in [0.717, 1.165) is 13.1 Å². The normalized spacial score (nSPS) is 10.8. The first-order chi connectivity index (χ1) is 7.79. The monoisotopic (exact) mass is 219 g/mol. The summed E-state index contributed by atoms with van der Waals surface area (Å²) in [5.74, 6) is -0.735. The highest BCUT2D eigenvalue weighted by atomic mass is 16.4. The zero-order valence-electron chi connectivity index (χ0n) is 9.23. The van der Waals surface area contributed by atoms with Crippen molar-refractivity contribution in [2.45, 2.75) is 12.8 Å². The van der Waals surface area contributed by atoms with Gasteiger partial charge in [0, 0.05) is 13.0 Å². The highest BCUT2D eigenvalue weighted by Crippen LogP contribution is 1.99. The summed E-state index contributed by atoms with van der Waals surface area (Å²) in [6.45, 7) is 1.51. The summed E-state index contributed by atoms with van der Waals surface area (Å²) < 4.78 is 0. The van der Waals surface area contributed by atoms with Gasteiger partial charge >= 0.3 is 5.97 Å². The van der Waals surface area contributed by atoms with Gasteiger partial charge in [0.25, 0.3) is 0 Å². The molecule has 0 aromatic heterocycles. The third kappa shape index (κ3) is 5.98. The lowest BCUT2D eigenvalue weighted by molar-refractivity contribution is -0.137. The molecule has 0 fully saturated rings. The van der Waals surface area contributed by atoms with Crippen LogP contribution in [0, 0.1) is 0 Å². The zero-order valence-corrected chi connectivity index (χ0v) is 9.23. The number of hydrogen-bond acceptors (Lipinski definition) is 2. The summed E-state index contributed by atoms with van der Waals surface area (Å²) in [4.78, 5) is 10.2. The molecule has 1 rings (SSSR count). The van der Waals surface area contributed by atoms with Crippen LogP contribution in [0.15, 0.2) is 36.4 Å². The summed E-state index contributed by atoms with van der Waals surface area (Å²) in [6.07, 6.45) is 4.99. The lowest BCUT2D eigenvalue weighted by Crippen LogP contribution is -2.15. The summed E-state index contributed by atoms with van der Waals surface area (Å²) in [7, 11) is 0. The zero-order chi connectivity index (χ0) is 11.6. The molecule has 0 saturated carbocycles. The van der Waals surface area contributed by atoms with Gasteiger partial charge in [0.05, 0.1) is 0 Å². The van der Waals surface area contributed by atoms with Crippen molar-refractivity contribution in [3.63, 3.8) is 0 Å². The molecular formula is C13H17NO2. The first-order valence-electron chi connectivity index (χ1n) is 5.43. The summed E-state index contributed by atoms with van der Waals surface area (Å²) in [5, 5.41) is 11.6. The molecule has 1 aromatic carbocycles. The fourth-order valence-corrected chi connectivity index (χ4v) is 1.31. The van der Waals surface area contributed by atoms with Gasteiger partial charge in [-0.3, -0.25) is 4.79 Å². The molecule has 0 radical (unpaired) electrons. The highest BCUT2D eigenvalue weighted by Gasteiger charge is 1.94. The van der Waals surface area contributed by atoms with Gasteiger partial charge in [-0.1, -0.05) is 42.5 Å². The molecule has 1 aromatic rings. The lowest BCUT2D eigenvalue weighted by Gasteiger charge is -1.98. The molecule has 0 unspecified atom stereocenters. The maximum absolute atomic E-state index is 10.2. The standard InChI is InChI=1S/C13H17NO2/c15-13(16)9-5-11-14-10-4-8-12-6-2-1-3-7-12/h1-4,6-8,14H,5,9-11H2,(H,15,16). The van der Waals surface area contributed by atoms with Crippen LogP contribution in [0.2, 0.25) is 0 Å². The molecule has 2 N–H and O–H groups in total. The highest BCUT2D eigenvalue weighted by molar-refractivity contribution is 5.66. The van der Waals surface area contributed by atoms with Crippen molar-refractivity contribution in [2.75, 3.05) is 13.1 Å². The largest absolute Gasteiger partial charge is 0.481 e. The second-order valence-electron chi connectivity index (χ2n) is 3.51. The molecule has 0 saturated heterocycles. The summed E-state index contributed by atoms with van der Waals surface area (Å²) in [6, 6.07) is 10.1. The Hall–Kier alpha value is -1.61. The van der Waals surface area contributed by atoms with E-state index in [-0.39, 0.29) is 6.42 Å². The predicted molar refractivity (Wildman–Crippen MR) is 65.2 cm³/mol. The summed E-state index contributed by atoms with van der Waals surface area (Å²) >= 11 is 0. The van der Waals surface area contributed by atoms with Crippen molar-refractivity contribution in [1.29, 1.82) is 0 Å². The second kappa shape index (κ2) is 7.65. The SMILES string of the molecule is O=C(O)CCCNCC=Cc1ccccc1. The topological polar surface area (TPSA) is 49.3 Å². The Kier molecular flexibility index (Phi) is 5.96. The fraction of sp³-hybridized carbons (Fsp3) is 0.308. The van der Waals surface area contributed by atoms with Gasteiger partial charge in [0.2, 0.25) is 0 Å². The minimum atomic E-state index is -0.735. The molecule has 3 nitrogen and oxygen atoms in total. The third-order valence-electron chi connectivity index (χ3n) is 2.12. The quantitative estimate of drug-likeness (QED) is 0.691. The van der Waals surface area contributed by atoms with E-state index in [0.29, 0.717) is 6.42 Å². The average molecular weight is 219 g/mol. The van der Waals surface area contributed by atoms with Gasteiger partial charge in [0.1, 0.15) is 0 Å². The predicted octanol–water partition coefficient (Wildman–Crippen LogP) is 2.15. The Morgan fingerprint density at radius 1 is 1.31 bits per heavy atom. The average Bonchev–Trinajstić information content (AvgIpc) is 2.29. The van der Waals surface area contributed by atoms with E-state index in [1.165, 1.54) is 5.56 Å². The van der Waals surface area contributed by atoms with Gasteiger partial charge in [-0.15, -0.1) is 0 Å². The Morgan fingerprint density at radius 3 is 2.75 bits per heavy atom. The molecule has 0 aliphatic heterocycles. The molecule has 0 atom stereocenters. The van der Waals surface area contributed by atoms with Crippen LogP contribution in [0.1, 0.15) is 18.4 Å². The van der Waals surface area contributed by atoms with Crippen molar-refractivity contribution in [3.05, 3.63) is 42.0 Å². The van der Waals surface area contributed by atoms with Gasteiger partial charge < -0.3 is 10.4 Å². The molecule has 0 heterocycles. The number of carbonyl (C=O) groups is 1. The molecule has 3 heteroatoms. The van der Waals surface area contributed by atoms with Crippen molar-refractivity contribution >= 4 is 12.0 Å². The molecule has 0 aliphatic rings. The molecule has 16 heavy (non-hydrogen) atoms. The molecule has 0 amide bonds. The maximum atomic E-state index is 10.2. The molecular weight excluding hydrogens is 202 g/mol. The van der Waals surface area contributed by atoms with Crippen LogP contribution in [-0.2, 0) is 4.79 Å². The number of aliphatic carboxylic acids is 1. The van der Waals surface area contributed by atoms with Crippen LogP contribution in [-0.4, -0.2) is 24.2 Å². The fourth-order valence-electron chi connectivity index (χ4n) is 1.31. The Morgan fingerprint density at radius 2 is 2.06 bits per heavy atom. The van der Waals surface area contributed by atoms with Crippen molar-refractivity contribution in [3.8, 4) is 0 Å². The molecule has 0 bridgehead atoms. The molecule has 0 spiro atoms. The number of carboxylic acids is 1. The van der Waals surface area contributed by atoms with E-state index in [9.17, 15) is 4.79 Å². The Labute approximate surface area is 95.8 Å². The Bertz CT molecular complexity index is 333. The van der Waals surface area contributed by atoms with Gasteiger partial charge in [-0.25, -0.2) is 0 Å². The maximum Gasteiger partial charge on any atom is 0.303 e. The van der Waals surface area contributed by atoms with Gasteiger partial charge in [-0.05, 0) is 18.5 Å². The van der Waals surface area contributed by atoms with Crippen LogP contribution in [0.5, 0.6) is 0 Å². The number of benzene rings is 1. The van der Waals surface area contributed by atoms with Gasteiger partial charge in [-0.2, -0.15) is 0 Å². The number of hydrogen-bond donors (Lipinski definition) is 2. The lowest BCUT2D eigenvalue weighted by atomic mass is 10.2. The van der Waals surface area contributed by atoms with E-state index >= 15 is 0 Å². The Balaban J connectivity index is 2.07. The number of carboxylic acid groups (broad SMARTS) is 1. The number of rotatable bonds is 7. The summed E-state index contributed by atoms with van der Waals surface area (Å²) in [5.41, 5.74) is 1.18. The van der Waals surface area contributed by atoms with Crippen molar-refractivity contribution in [1.82, 2.24) is 5.32 Å². The van der Waals surface area contributed by atoms with Gasteiger partial charge in [0.15, 0.2) is 0 Å². The first-order valence-corrected chi connectivity index (χ1v) is 5.43. The van der Waals surface area contributed by atoms with Crippen LogP contribution in [0.3, 0.4) is 0 Å². The van der Waals surface area contributed by atoms with E-state index in [1.54, 1.807) is 0 Å². The van der Waals surface area contributed by atoms with Crippen molar-refractivity contribution < 1.29 is 9.90 Å². The van der Waals surface area contributed by atoms with Crippen molar-refractivity contribution in [2.24, 2.45) is 0 Å². The van der Waals surface area contributed by atoms with E-state index in [2.05, 4.69) is 5.32 Å². The van der Waals surface area contributed by atoms with Crippen LogP contribution in [0.4, 0.5) is 0 Å². The van der Waals surface area contributed by atoms with E-state index in [1.807, 2.05) is 42.5 Å². The van der Waals surface area contributed by atoms with E-state index < -0.39 is 5.97 Å². The third-order valence-corrected chi connectivity index (χ3v) is 2.12. The van der Waals surface area contributed by atoms with Crippen LogP contribution in [0.25, 0.3) is 6.08 Å².